The van der Waals surface area contributed by atoms with Crippen LogP contribution in [0, 0.1) is 6.92 Å². The lowest BCUT2D eigenvalue weighted by atomic mass is 9.96. The van der Waals surface area contributed by atoms with Crippen LogP contribution in [0.2, 0.25) is 0 Å². The predicted molar refractivity (Wildman–Crippen MR) is 108 cm³/mol. The Morgan fingerprint density at radius 1 is 1.10 bits per heavy atom. The van der Waals surface area contributed by atoms with Crippen LogP contribution in [0.1, 0.15) is 48.0 Å². The minimum atomic E-state index is -0.198. The highest BCUT2D eigenvalue weighted by Crippen LogP contribution is 2.53. The smallest absolute Gasteiger partial charge is 0.237 e. The molecule has 1 unspecified atom stereocenters. The molecule has 2 heterocycles. The van der Waals surface area contributed by atoms with Crippen molar-refractivity contribution in [3.05, 3.63) is 71.4 Å². The van der Waals surface area contributed by atoms with Gasteiger partial charge in [-0.1, -0.05) is 35.0 Å². The maximum atomic E-state index is 12.6. The molecule has 6 heteroatoms. The van der Waals surface area contributed by atoms with E-state index >= 15 is 0 Å². The van der Waals surface area contributed by atoms with Gasteiger partial charge in [-0.2, -0.15) is 4.98 Å². The lowest BCUT2D eigenvalue weighted by molar-refractivity contribution is -0.117. The Balaban J connectivity index is 1.36. The van der Waals surface area contributed by atoms with Gasteiger partial charge in [0.15, 0.2) is 5.82 Å². The molecule has 1 saturated heterocycles. The number of benzene rings is 2. The second kappa shape index (κ2) is 6.72. The average molecular weight is 389 g/mol. The van der Waals surface area contributed by atoms with E-state index in [-0.39, 0.29) is 17.2 Å². The third kappa shape index (κ3) is 3.09. The van der Waals surface area contributed by atoms with Gasteiger partial charge in [0, 0.05) is 24.6 Å². The number of carbonyl (C=O) groups is 1. The van der Waals surface area contributed by atoms with E-state index in [9.17, 15) is 4.79 Å². The van der Waals surface area contributed by atoms with Crippen LogP contribution in [0.3, 0.4) is 0 Å². The lowest BCUT2D eigenvalue weighted by Crippen LogP contribution is -2.24. The molecule has 0 spiro atoms. The van der Waals surface area contributed by atoms with Crippen molar-refractivity contribution < 1.29 is 14.1 Å². The zero-order chi connectivity index (χ0) is 20.0. The topological polar surface area (TPSA) is 68.5 Å². The maximum absolute atomic E-state index is 12.6. The average Bonchev–Trinajstić information content (AvgIpc) is 3.23. The van der Waals surface area contributed by atoms with Gasteiger partial charge in [-0.05, 0) is 49.6 Å². The van der Waals surface area contributed by atoms with E-state index in [0.29, 0.717) is 24.7 Å². The molecule has 1 aliphatic carbocycles. The number of carbonyl (C=O) groups excluding carboxylic acids is 1. The number of hydrogen-bond acceptors (Lipinski definition) is 5. The molecule has 2 fully saturated rings. The summed E-state index contributed by atoms with van der Waals surface area (Å²) in [6.45, 7) is 2.62. The summed E-state index contributed by atoms with van der Waals surface area (Å²) in [5, 5.41) is 4.25. The van der Waals surface area contributed by atoms with E-state index < -0.39 is 0 Å². The van der Waals surface area contributed by atoms with Gasteiger partial charge in [0.1, 0.15) is 5.75 Å². The number of hydrogen-bond donors (Lipinski definition) is 0. The summed E-state index contributed by atoms with van der Waals surface area (Å²) in [6, 6.07) is 16.1. The van der Waals surface area contributed by atoms with Gasteiger partial charge in [0.05, 0.1) is 12.5 Å². The maximum Gasteiger partial charge on any atom is 0.237 e. The van der Waals surface area contributed by atoms with E-state index in [1.54, 1.807) is 7.11 Å². The van der Waals surface area contributed by atoms with Crippen molar-refractivity contribution in [1.29, 1.82) is 0 Å². The molecule has 1 amide bonds. The van der Waals surface area contributed by atoms with Crippen LogP contribution in [0.25, 0.3) is 0 Å². The van der Waals surface area contributed by atoms with Gasteiger partial charge >= 0.3 is 0 Å². The summed E-state index contributed by atoms with van der Waals surface area (Å²) in [5.41, 5.74) is 3.06. The van der Waals surface area contributed by atoms with Gasteiger partial charge in [0.25, 0.3) is 0 Å². The van der Waals surface area contributed by atoms with Crippen molar-refractivity contribution in [3.63, 3.8) is 0 Å². The number of aryl methyl sites for hydroxylation is 1. The van der Waals surface area contributed by atoms with Crippen LogP contribution in [0.5, 0.6) is 5.75 Å². The van der Waals surface area contributed by atoms with E-state index in [0.717, 1.165) is 29.8 Å². The Bertz CT molecular complexity index is 1040. The van der Waals surface area contributed by atoms with Crippen molar-refractivity contribution in [2.75, 3.05) is 18.6 Å². The quantitative estimate of drug-likeness (QED) is 0.660. The first-order valence-electron chi connectivity index (χ1n) is 9.95. The summed E-state index contributed by atoms with van der Waals surface area (Å²) in [5.74, 6) is 2.16. The summed E-state index contributed by atoms with van der Waals surface area (Å²) in [6.07, 6.45) is 2.38. The van der Waals surface area contributed by atoms with E-state index in [1.165, 1.54) is 5.56 Å². The third-order valence-electron chi connectivity index (χ3n) is 6.08. The van der Waals surface area contributed by atoms with Gasteiger partial charge in [-0.3, -0.25) is 4.79 Å². The van der Waals surface area contributed by atoms with Crippen LogP contribution >= 0.6 is 0 Å². The molecule has 1 aliphatic heterocycles. The van der Waals surface area contributed by atoms with Crippen molar-refractivity contribution in [1.82, 2.24) is 10.1 Å². The largest absolute Gasteiger partial charge is 0.497 e. The van der Waals surface area contributed by atoms with E-state index in [1.807, 2.05) is 48.2 Å². The highest BCUT2D eigenvalue weighted by Gasteiger charge is 2.51. The molecule has 29 heavy (non-hydrogen) atoms. The number of aromatic nitrogens is 2. The van der Waals surface area contributed by atoms with Crippen molar-refractivity contribution >= 4 is 11.6 Å². The molecule has 2 aromatic carbocycles. The number of nitrogens with zero attached hydrogens (tertiary/aromatic N) is 3. The molecule has 0 N–H and O–H groups in total. The molecular weight excluding hydrogens is 366 g/mol. The van der Waals surface area contributed by atoms with Crippen LogP contribution in [0.15, 0.2) is 53.1 Å². The van der Waals surface area contributed by atoms with Gasteiger partial charge in [-0.15, -0.1) is 0 Å². The monoisotopic (exact) mass is 389 g/mol. The van der Waals surface area contributed by atoms with Crippen molar-refractivity contribution in [2.45, 2.75) is 37.5 Å². The molecule has 5 rings (SSSR count). The Kier molecular flexibility index (Phi) is 4.15. The van der Waals surface area contributed by atoms with E-state index in [2.05, 4.69) is 17.3 Å². The zero-order valence-electron chi connectivity index (χ0n) is 16.6. The number of anilines is 1. The van der Waals surface area contributed by atoms with Gasteiger partial charge in [0.2, 0.25) is 11.8 Å². The molecular formula is C23H23N3O3. The predicted octanol–water partition coefficient (Wildman–Crippen LogP) is 3.99. The van der Waals surface area contributed by atoms with Gasteiger partial charge in [-0.25, -0.2) is 0 Å². The Hall–Kier alpha value is -3.15. The highest BCUT2D eigenvalue weighted by atomic mass is 16.5. The van der Waals surface area contributed by atoms with E-state index in [4.69, 9.17) is 14.2 Å². The van der Waals surface area contributed by atoms with Crippen LogP contribution in [-0.4, -0.2) is 29.7 Å². The summed E-state index contributed by atoms with van der Waals surface area (Å²) < 4.78 is 10.9. The third-order valence-corrected chi connectivity index (χ3v) is 6.08. The number of ether oxygens (including phenoxy) is 1. The standard InChI is InChI=1S/C23H23N3O3/c1-15-3-7-18(8-4-15)26-14-16(13-20(26)27)21-24-22(29-25-21)23(11-12-23)17-5-9-19(28-2)10-6-17/h3-10,16H,11-14H2,1-2H3. The Labute approximate surface area is 169 Å². The van der Waals surface area contributed by atoms with Crippen molar-refractivity contribution in [3.8, 4) is 5.75 Å². The van der Waals surface area contributed by atoms with Crippen LogP contribution < -0.4 is 9.64 Å². The summed E-state index contributed by atoms with van der Waals surface area (Å²) >= 11 is 0. The van der Waals surface area contributed by atoms with Crippen molar-refractivity contribution in [2.24, 2.45) is 0 Å². The molecule has 3 aromatic rings. The Morgan fingerprint density at radius 2 is 1.83 bits per heavy atom. The molecule has 1 aromatic heterocycles. The normalized spacial score (nSPS) is 20.1. The molecule has 148 valence electrons. The SMILES string of the molecule is COc1ccc(C2(c3nc(C4CC(=O)N(c5ccc(C)cc5)C4)no3)CC2)cc1. The lowest BCUT2D eigenvalue weighted by Gasteiger charge is -2.16. The summed E-state index contributed by atoms with van der Waals surface area (Å²) in [4.78, 5) is 19.1. The number of rotatable bonds is 5. The second-order valence-corrected chi connectivity index (χ2v) is 8.01. The van der Waals surface area contributed by atoms with Crippen LogP contribution in [0.4, 0.5) is 5.69 Å². The minimum Gasteiger partial charge on any atom is -0.497 e. The first-order valence-corrected chi connectivity index (χ1v) is 9.95. The first kappa shape index (κ1) is 17.9. The second-order valence-electron chi connectivity index (χ2n) is 8.01. The zero-order valence-corrected chi connectivity index (χ0v) is 16.6. The fourth-order valence-electron chi connectivity index (χ4n) is 4.11. The molecule has 2 aliphatic rings. The fourth-order valence-corrected chi connectivity index (χ4v) is 4.11. The summed E-state index contributed by atoms with van der Waals surface area (Å²) in [7, 11) is 1.66. The molecule has 1 saturated carbocycles. The van der Waals surface area contributed by atoms with Gasteiger partial charge < -0.3 is 14.2 Å². The highest BCUT2D eigenvalue weighted by molar-refractivity contribution is 5.96. The fraction of sp³-hybridized carbons (Fsp3) is 0.348. The number of methoxy groups -OCH3 is 1. The molecule has 6 nitrogen and oxygen atoms in total. The molecule has 0 bridgehead atoms. The number of amides is 1. The first-order chi connectivity index (χ1) is 14.1. The molecule has 1 atom stereocenters. The Morgan fingerprint density at radius 3 is 2.48 bits per heavy atom. The molecule has 0 radical (unpaired) electrons. The van der Waals surface area contributed by atoms with Crippen LogP contribution in [-0.2, 0) is 10.2 Å². The minimum absolute atomic E-state index is 0.0482.